The smallest absolute Gasteiger partial charge is 0.140 e. The normalized spacial score (nSPS) is 11.1. The van der Waals surface area contributed by atoms with Crippen LogP contribution in [0.1, 0.15) is 19.9 Å². The number of imidazole rings is 1. The summed E-state index contributed by atoms with van der Waals surface area (Å²) >= 11 is 0. The van der Waals surface area contributed by atoms with Gasteiger partial charge in [0.1, 0.15) is 5.82 Å². The highest BCUT2D eigenvalue weighted by Crippen LogP contribution is 2.23. The van der Waals surface area contributed by atoms with E-state index in [-0.39, 0.29) is 0 Å². The van der Waals surface area contributed by atoms with E-state index >= 15 is 0 Å². The molecule has 0 aliphatic heterocycles. The number of benzene rings is 1. The molecule has 0 saturated carbocycles. The summed E-state index contributed by atoms with van der Waals surface area (Å²) in [5, 5.41) is 4.26. The minimum Gasteiger partial charge on any atom is -0.328 e. The van der Waals surface area contributed by atoms with E-state index in [9.17, 15) is 0 Å². The van der Waals surface area contributed by atoms with Crippen molar-refractivity contribution in [2.24, 2.45) is 0 Å². The SMILES string of the molecule is CC(C)n1ccnc1-c1cccc(-n2cccn2)c1. The third-order valence-corrected chi connectivity index (χ3v) is 3.10. The van der Waals surface area contributed by atoms with E-state index in [0.717, 1.165) is 17.1 Å². The lowest BCUT2D eigenvalue weighted by atomic mass is 10.2. The highest BCUT2D eigenvalue weighted by Gasteiger charge is 2.09. The van der Waals surface area contributed by atoms with Gasteiger partial charge in [0.25, 0.3) is 0 Å². The van der Waals surface area contributed by atoms with Crippen molar-refractivity contribution in [1.29, 1.82) is 0 Å². The van der Waals surface area contributed by atoms with Gasteiger partial charge in [0.05, 0.1) is 5.69 Å². The topological polar surface area (TPSA) is 35.6 Å². The van der Waals surface area contributed by atoms with E-state index < -0.39 is 0 Å². The Labute approximate surface area is 112 Å². The lowest BCUT2D eigenvalue weighted by molar-refractivity contribution is 0.606. The second kappa shape index (κ2) is 4.72. The Bertz CT molecular complexity index is 665. The molecule has 1 aromatic carbocycles. The van der Waals surface area contributed by atoms with Gasteiger partial charge in [0, 0.05) is 36.4 Å². The van der Waals surface area contributed by atoms with Gasteiger partial charge in [-0.2, -0.15) is 5.10 Å². The van der Waals surface area contributed by atoms with Crippen LogP contribution in [0.15, 0.2) is 55.1 Å². The molecular weight excluding hydrogens is 236 g/mol. The molecule has 19 heavy (non-hydrogen) atoms. The summed E-state index contributed by atoms with van der Waals surface area (Å²) in [7, 11) is 0. The molecule has 0 unspecified atom stereocenters. The maximum absolute atomic E-state index is 4.46. The number of hydrogen-bond acceptors (Lipinski definition) is 2. The van der Waals surface area contributed by atoms with Crippen molar-refractivity contribution in [3.8, 4) is 17.1 Å². The van der Waals surface area contributed by atoms with Gasteiger partial charge in [-0.1, -0.05) is 12.1 Å². The zero-order chi connectivity index (χ0) is 13.2. The molecule has 0 atom stereocenters. The standard InChI is InChI=1S/C15H16N4/c1-12(2)18-10-8-16-15(18)13-5-3-6-14(11-13)19-9-4-7-17-19/h3-12H,1-2H3. The van der Waals surface area contributed by atoms with Crippen LogP contribution in [0.2, 0.25) is 0 Å². The Morgan fingerprint density at radius 3 is 2.68 bits per heavy atom. The molecule has 3 aromatic rings. The molecular formula is C15H16N4. The molecule has 96 valence electrons. The van der Waals surface area contributed by atoms with Gasteiger partial charge in [-0.05, 0) is 32.0 Å². The molecule has 0 radical (unpaired) electrons. The average Bonchev–Trinajstić information content (AvgIpc) is 3.10. The molecule has 4 heteroatoms. The van der Waals surface area contributed by atoms with Gasteiger partial charge in [0.15, 0.2) is 0 Å². The number of nitrogens with zero attached hydrogens (tertiary/aromatic N) is 4. The predicted molar refractivity (Wildman–Crippen MR) is 75.2 cm³/mol. The summed E-state index contributed by atoms with van der Waals surface area (Å²) in [4.78, 5) is 4.46. The van der Waals surface area contributed by atoms with Crippen LogP contribution in [0.25, 0.3) is 17.1 Å². The monoisotopic (exact) mass is 252 g/mol. The quantitative estimate of drug-likeness (QED) is 0.717. The summed E-state index contributed by atoms with van der Waals surface area (Å²) in [6, 6.07) is 10.6. The third-order valence-electron chi connectivity index (χ3n) is 3.10. The largest absolute Gasteiger partial charge is 0.328 e. The third kappa shape index (κ3) is 2.17. The van der Waals surface area contributed by atoms with E-state index in [2.05, 4.69) is 40.6 Å². The van der Waals surface area contributed by atoms with Crippen LogP contribution in [0.5, 0.6) is 0 Å². The lowest BCUT2D eigenvalue weighted by Gasteiger charge is -2.12. The number of aromatic nitrogens is 4. The molecule has 2 heterocycles. The molecule has 0 bridgehead atoms. The summed E-state index contributed by atoms with van der Waals surface area (Å²) in [6.07, 6.45) is 7.58. The van der Waals surface area contributed by atoms with E-state index in [1.165, 1.54) is 0 Å². The molecule has 2 aromatic heterocycles. The second-order valence-electron chi connectivity index (χ2n) is 4.75. The minimum absolute atomic E-state index is 0.394. The first kappa shape index (κ1) is 11.7. The average molecular weight is 252 g/mol. The van der Waals surface area contributed by atoms with Crippen molar-refractivity contribution in [3.63, 3.8) is 0 Å². The van der Waals surface area contributed by atoms with E-state index in [0.29, 0.717) is 6.04 Å². The Kier molecular flexibility index (Phi) is 2.91. The summed E-state index contributed by atoms with van der Waals surface area (Å²) in [6.45, 7) is 4.31. The fourth-order valence-corrected chi connectivity index (χ4v) is 2.16. The molecule has 0 N–H and O–H groups in total. The molecule has 0 saturated heterocycles. The fourth-order valence-electron chi connectivity index (χ4n) is 2.16. The number of rotatable bonds is 3. The van der Waals surface area contributed by atoms with Gasteiger partial charge < -0.3 is 4.57 Å². The minimum atomic E-state index is 0.394. The van der Waals surface area contributed by atoms with Crippen LogP contribution in [0, 0.1) is 0 Å². The van der Waals surface area contributed by atoms with Crippen molar-refractivity contribution in [2.75, 3.05) is 0 Å². The highest BCUT2D eigenvalue weighted by molar-refractivity contribution is 5.59. The van der Waals surface area contributed by atoms with Crippen LogP contribution >= 0.6 is 0 Å². The van der Waals surface area contributed by atoms with Gasteiger partial charge in [-0.15, -0.1) is 0 Å². The van der Waals surface area contributed by atoms with E-state index in [1.807, 2.05) is 41.5 Å². The van der Waals surface area contributed by atoms with Crippen LogP contribution in [0.3, 0.4) is 0 Å². The lowest BCUT2D eigenvalue weighted by Crippen LogP contribution is -2.02. The van der Waals surface area contributed by atoms with Crippen molar-refractivity contribution < 1.29 is 0 Å². The summed E-state index contributed by atoms with van der Waals surface area (Å²) in [5.41, 5.74) is 2.15. The molecule has 0 fully saturated rings. The first-order chi connectivity index (χ1) is 9.25. The zero-order valence-corrected chi connectivity index (χ0v) is 11.1. The van der Waals surface area contributed by atoms with Crippen LogP contribution in [0.4, 0.5) is 0 Å². The Morgan fingerprint density at radius 1 is 1.05 bits per heavy atom. The first-order valence-corrected chi connectivity index (χ1v) is 6.39. The molecule has 3 rings (SSSR count). The van der Waals surface area contributed by atoms with Gasteiger partial charge in [-0.3, -0.25) is 0 Å². The van der Waals surface area contributed by atoms with Crippen molar-refractivity contribution in [2.45, 2.75) is 19.9 Å². The van der Waals surface area contributed by atoms with Crippen LogP contribution in [-0.4, -0.2) is 19.3 Å². The maximum Gasteiger partial charge on any atom is 0.140 e. The van der Waals surface area contributed by atoms with Gasteiger partial charge >= 0.3 is 0 Å². The molecule has 0 aliphatic carbocycles. The second-order valence-corrected chi connectivity index (χ2v) is 4.75. The Balaban J connectivity index is 2.06. The maximum atomic E-state index is 4.46. The van der Waals surface area contributed by atoms with Gasteiger partial charge in [-0.25, -0.2) is 9.67 Å². The molecule has 0 aliphatic rings. The van der Waals surface area contributed by atoms with E-state index in [4.69, 9.17) is 0 Å². The Morgan fingerprint density at radius 2 is 1.95 bits per heavy atom. The van der Waals surface area contributed by atoms with E-state index in [1.54, 1.807) is 6.20 Å². The highest BCUT2D eigenvalue weighted by atomic mass is 15.3. The van der Waals surface area contributed by atoms with Crippen molar-refractivity contribution in [3.05, 3.63) is 55.1 Å². The van der Waals surface area contributed by atoms with Crippen molar-refractivity contribution >= 4 is 0 Å². The molecule has 0 amide bonds. The first-order valence-electron chi connectivity index (χ1n) is 6.39. The van der Waals surface area contributed by atoms with Crippen LogP contribution in [-0.2, 0) is 0 Å². The summed E-state index contributed by atoms with van der Waals surface area (Å²) in [5.74, 6) is 0.990. The summed E-state index contributed by atoms with van der Waals surface area (Å²) < 4.78 is 4.02. The number of hydrogen-bond donors (Lipinski definition) is 0. The molecule has 4 nitrogen and oxygen atoms in total. The Hall–Kier alpha value is -2.36. The molecule has 0 spiro atoms. The van der Waals surface area contributed by atoms with Gasteiger partial charge in [0.2, 0.25) is 0 Å². The zero-order valence-electron chi connectivity index (χ0n) is 11.1. The van der Waals surface area contributed by atoms with Crippen molar-refractivity contribution in [1.82, 2.24) is 19.3 Å². The fraction of sp³-hybridized carbons (Fsp3) is 0.200. The predicted octanol–water partition coefficient (Wildman–Crippen LogP) is 3.32. The van der Waals surface area contributed by atoms with Crippen LogP contribution < -0.4 is 0 Å².